The van der Waals surface area contributed by atoms with Gasteiger partial charge in [-0.25, -0.2) is 4.79 Å². The quantitative estimate of drug-likeness (QED) is 0.194. The summed E-state index contributed by atoms with van der Waals surface area (Å²) in [5, 5.41) is 30.4. The molecule has 0 amide bonds. The lowest BCUT2D eigenvalue weighted by Crippen LogP contribution is -2.45. The van der Waals surface area contributed by atoms with Crippen molar-refractivity contribution in [2.45, 2.75) is 109 Å². The second kappa shape index (κ2) is 12.8. The first-order valence-electron chi connectivity index (χ1n) is 15.2. The first kappa shape index (κ1) is 30.2. The second-order valence-corrected chi connectivity index (χ2v) is 12.8. The molecular weight excluding hydrogens is 492 g/mol. The van der Waals surface area contributed by atoms with Gasteiger partial charge in [-0.2, -0.15) is 0 Å². The van der Waals surface area contributed by atoms with Crippen LogP contribution in [0.3, 0.4) is 0 Å². The lowest BCUT2D eigenvalue weighted by Gasteiger charge is -2.45. The van der Waals surface area contributed by atoms with Crippen LogP contribution in [-0.2, 0) is 14.3 Å². The van der Waals surface area contributed by atoms with Crippen molar-refractivity contribution < 1.29 is 29.6 Å². The van der Waals surface area contributed by atoms with Crippen LogP contribution in [0.1, 0.15) is 85.0 Å². The van der Waals surface area contributed by atoms with Crippen molar-refractivity contribution in [3.05, 3.63) is 47.6 Å². The van der Waals surface area contributed by atoms with Crippen LogP contribution < -0.4 is 0 Å². The molecule has 6 heteroatoms. The zero-order valence-corrected chi connectivity index (χ0v) is 24.2. The van der Waals surface area contributed by atoms with E-state index in [1.807, 2.05) is 0 Å². The van der Waals surface area contributed by atoms with Crippen LogP contribution in [0.2, 0.25) is 0 Å². The molecule has 0 aromatic carbocycles. The number of carbonyl (C=O) groups is 1. The number of cyclic esters (lactones) is 1. The summed E-state index contributed by atoms with van der Waals surface area (Å²) in [5.41, 5.74) is 3.83. The van der Waals surface area contributed by atoms with Gasteiger partial charge in [0.2, 0.25) is 0 Å². The molecule has 9 atom stereocenters. The number of esters is 1. The largest absolute Gasteiger partial charge is 0.458 e. The highest BCUT2D eigenvalue weighted by molar-refractivity contribution is 5.90. The van der Waals surface area contributed by atoms with Crippen molar-refractivity contribution in [2.24, 2.45) is 29.1 Å². The molecule has 4 fully saturated rings. The molecule has 0 radical (unpaired) electrons. The number of carbonyl (C=O) groups excluding carboxylic acids is 1. The summed E-state index contributed by atoms with van der Waals surface area (Å²) in [6, 6.07) is 0. The summed E-state index contributed by atoms with van der Waals surface area (Å²) >= 11 is 0. The van der Waals surface area contributed by atoms with Crippen LogP contribution in [0, 0.1) is 29.1 Å². The van der Waals surface area contributed by atoms with Crippen LogP contribution in [0.25, 0.3) is 0 Å². The van der Waals surface area contributed by atoms with Crippen LogP contribution in [0.15, 0.2) is 47.6 Å². The van der Waals surface area contributed by atoms with E-state index in [-0.39, 0.29) is 30.0 Å². The van der Waals surface area contributed by atoms with Gasteiger partial charge in [-0.05, 0) is 85.7 Å². The molecule has 1 saturated heterocycles. The molecule has 1 heterocycles. The van der Waals surface area contributed by atoms with Gasteiger partial charge in [-0.1, -0.05) is 58.1 Å². The first-order valence-corrected chi connectivity index (χ1v) is 15.2. The summed E-state index contributed by atoms with van der Waals surface area (Å²) in [5.74, 6) is 1.51. The van der Waals surface area contributed by atoms with E-state index in [1.165, 1.54) is 24.8 Å². The minimum atomic E-state index is -0.956. The predicted octanol–water partition coefficient (Wildman–Crippen LogP) is 5.43. The Bertz CT molecular complexity index is 981. The number of ether oxygens (including phenoxy) is 2. The molecule has 0 unspecified atom stereocenters. The van der Waals surface area contributed by atoms with E-state index in [0.717, 1.165) is 37.7 Å². The van der Waals surface area contributed by atoms with Gasteiger partial charge in [0.1, 0.15) is 18.3 Å². The Kier molecular flexibility index (Phi) is 9.96. The number of aliphatic hydroxyl groups is 3. The number of aliphatic hydroxyl groups excluding tert-OH is 3. The minimum Gasteiger partial charge on any atom is -0.458 e. The smallest absolute Gasteiger partial charge is 0.334 e. The van der Waals surface area contributed by atoms with E-state index in [1.54, 1.807) is 0 Å². The lowest BCUT2D eigenvalue weighted by atomic mass is 9.60. The van der Waals surface area contributed by atoms with Gasteiger partial charge in [0.05, 0.1) is 6.10 Å². The maximum atomic E-state index is 12.3. The topological polar surface area (TPSA) is 96.2 Å². The molecule has 0 bridgehead atoms. The summed E-state index contributed by atoms with van der Waals surface area (Å²) in [6.45, 7) is 15.4. The standard InChI is InChI=1S/C33H50O6/c1-6-9-25-22(4)32(37)39-29(25)18-20(2)26-13-14-27-23(10-7-15-33(26,27)5)11-12-24-19-28(35)31(30(36)21(24)3)38-17-8-16-34/h11-12,20,25-31,34-36H,3-4,6-10,13-19H2,1-2,5H3/b23-11+,24-12-/t20-,25-,26-,27+,28-,29+,30-,31+,33-/m1/s1. The zero-order chi connectivity index (χ0) is 28.3. The van der Waals surface area contributed by atoms with Crippen molar-refractivity contribution in [3.63, 3.8) is 0 Å². The van der Waals surface area contributed by atoms with Crippen LogP contribution in [-0.4, -0.2) is 58.9 Å². The summed E-state index contributed by atoms with van der Waals surface area (Å²) < 4.78 is 11.4. The predicted molar refractivity (Wildman–Crippen MR) is 153 cm³/mol. The van der Waals surface area contributed by atoms with Crippen LogP contribution in [0.4, 0.5) is 0 Å². The molecule has 3 N–H and O–H groups in total. The average Bonchev–Trinajstić information content (AvgIpc) is 3.39. The third-order valence-corrected chi connectivity index (χ3v) is 10.3. The highest BCUT2D eigenvalue weighted by Gasteiger charge is 2.51. The van der Waals surface area contributed by atoms with Crippen molar-refractivity contribution in [1.29, 1.82) is 0 Å². The van der Waals surface area contributed by atoms with Crippen molar-refractivity contribution in [3.8, 4) is 0 Å². The molecule has 218 valence electrons. The number of allylic oxidation sites excluding steroid dienone is 3. The van der Waals surface area contributed by atoms with Gasteiger partial charge in [-0.3, -0.25) is 0 Å². The van der Waals surface area contributed by atoms with Gasteiger partial charge >= 0.3 is 5.97 Å². The Balaban J connectivity index is 1.44. The fraction of sp³-hybridized carbons (Fsp3) is 0.727. The Morgan fingerprint density at radius 3 is 2.69 bits per heavy atom. The molecule has 39 heavy (non-hydrogen) atoms. The number of fused-ring (bicyclic) bond motifs is 1. The number of hydrogen-bond donors (Lipinski definition) is 3. The van der Waals surface area contributed by atoms with E-state index < -0.39 is 18.3 Å². The van der Waals surface area contributed by atoms with E-state index in [2.05, 4.69) is 46.1 Å². The third-order valence-electron chi connectivity index (χ3n) is 10.3. The van der Waals surface area contributed by atoms with Gasteiger partial charge in [-0.15, -0.1) is 0 Å². The van der Waals surface area contributed by atoms with Crippen molar-refractivity contribution in [1.82, 2.24) is 0 Å². The maximum Gasteiger partial charge on any atom is 0.334 e. The lowest BCUT2D eigenvalue weighted by molar-refractivity contribution is -0.140. The van der Waals surface area contributed by atoms with E-state index in [4.69, 9.17) is 14.6 Å². The number of hydrogen-bond acceptors (Lipinski definition) is 6. The molecule has 4 aliphatic rings. The molecule has 1 aliphatic heterocycles. The van der Waals surface area contributed by atoms with E-state index in [9.17, 15) is 15.0 Å². The van der Waals surface area contributed by atoms with Gasteiger partial charge in [0.15, 0.2) is 0 Å². The maximum absolute atomic E-state index is 12.3. The van der Waals surface area contributed by atoms with Crippen LogP contribution >= 0.6 is 0 Å². The first-order chi connectivity index (χ1) is 18.6. The Hall–Kier alpha value is -1.73. The SMILES string of the molecule is C=C1/C(=C\C=C2/CCC[C@]3(C)[C@@H]([C@H](C)C[C@@H]4OC(=O)C(=C)[C@H]4CCC)CC[C@@H]23)C[C@@H](O)[C@H](OCCCO)[C@@H]1O. The van der Waals surface area contributed by atoms with Gasteiger partial charge < -0.3 is 24.8 Å². The summed E-state index contributed by atoms with van der Waals surface area (Å²) in [7, 11) is 0. The van der Waals surface area contributed by atoms with Gasteiger partial charge in [0, 0.05) is 31.1 Å². The normalized spacial score (nSPS) is 39.8. The average molecular weight is 543 g/mol. The summed E-state index contributed by atoms with van der Waals surface area (Å²) in [6.07, 6.45) is 11.3. The fourth-order valence-electron chi connectivity index (χ4n) is 8.24. The van der Waals surface area contributed by atoms with Crippen molar-refractivity contribution in [2.75, 3.05) is 13.2 Å². The molecule has 3 saturated carbocycles. The van der Waals surface area contributed by atoms with Crippen molar-refractivity contribution >= 4 is 5.97 Å². The Labute approximate surface area is 234 Å². The van der Waals surface area contributed by atoms with E-state index in [0.29, 0.717) is 48.3 Å². The Morgan fingerprint density at radius 2 is 1.97 bits per heavy atom. The molecule has 0 aromatic heterocycles. The highest BCUT2D eigenvalue weighted by Crippen LogP contribution is 2.60. The van der Waals surface area contributed by atoms with E-state index >= 15 is 0 Å². The highest BCUT2D eigenvalue weighted by atomic mass is 16.6. The molecule has 0 spiro atoms. The Morgan fingerprint density at radius 1 is 1.21 bits per heavy atom. The number of rotatable bonds is 10. The minimum absolute atomic E-state index is 0.0153. The summed E-state index contributed by atoms with van der Waals surface area (Å²) in [4.78, 5) is 12.3. The fourth-order valence-corrected chi connectivity index (χ4v) is 8.24. The zero-order valence-electron chi connectivity index (χ0n) is 24.2. The molecule has 3 aliphatic carbocycles. The molecular formula is C33H50O6. The molecule has 0 aromatic rings. The second-order valence-electron chi connectivity index (χ2n) is 12.8. The molecule has 4 rings (SSSR count). The third kappa shape index (κ3) is 6.14. The molecule has 6 nitrogen and oxygen atoms in total. The van der Waals surface area contributed by atoms with Gasteiger partial charge in [0.25, 0.3) is 0 Å². The van der Waals surface area contributed by atoms with Crippen LogP contribution in [0.5, 0.6) is 0 Å². The monoisotopic (exact) mass is 542 g/mol.